The molecule has 0 saturated carbocycles. The average Bonchev–Trinajstić information content (AvgIpc) is 2.15. The summed E-state index contributed by atoms with van der Waals surface area (Å²) in [6.45, 7) is 13.7. The molecule has 0 unspecified atom stereocenters. The van der Waals surface area contributed by atoms with Gasteiger partial charge in [-0.25, -0.2) is 0 Å². The van der Waals surface area contributed by atoms with Crippen LogP contribution in [0.4, 0.5) is 0 Å². The molecule has 0 radical (unpaired) electrons. The Labute approximate surface area is 115 Å². The van der Waals surface area contributed by atoms with E-state index in [-0.39, 0.29) is 10.8 Å². The van der Waals surface area contributed by atoms with Gasteiger partial charge in [0, 0.05) is 0 Å². The van der Waals surface area contributed by atoms with Crippen molar-refractivity contribution in [2.45, 2.75) is 58.8 Å². The van der Waals surface area contributed by atoms with Gasteiger partial charge in [0.15, 0.2) is 0 Å². The number of benzene rings is 1. The van der Waals surface area contributed by atoms with Gasteiger partial charge in [-0.15, -0.1) is 0 Å². The maximum atomic E-state index is 2.55. The molecule has 0 aliphatic heterocycles. The van der Waals surface area contributed by atoms with Gasteiger partial charge in [-0.3, -0.25) is 0 Å². The van der Waals surface area contributed by atoms with Gasteiger partial charge in [0.2, 0.25) is 0 Å². The van der Waals surface area contributed by atoms with E-state index < -0.39 is 0 Å². The first-order valence-corrected chi connectivity index (χ1v) is 7.06. The van der Waals surface area contributed by atoms with Crippen molar-refractivity contribution in [1.82, 2.24) is 0 Å². The van der Waals surface area contributed by atoms with E-state index in [9.17, 15) is 0 Å². The molecule has 17 heavy (non-hydrogen) atoms. The van der Waals surface area contributed by atoms with E-state index in [4.69, 9.17) is 0 Å². The second kappa shape index (κ2) is 5.12. The summed E-state index contributed by atoms with van der Waals surface area (Å²) in [5.41, 5.74) is 4.74. The fourth-order valence-corrected chi connectivity index (χ4v) is 2.11. The van der Waals surface area contributed by atoms with Crippen LogP contribution < -0.4 is 0 Å². The molecular formula is C16H24V. The van der Waals surface area contributed by atoms with E-state index in [1.807, 2.05) is 0 Å². The quantitative estimate of drug-likeness (QED) is 0.754. The Morgan fingerprint density at radius 3 is 1.59 bits per heavy atom. The van der Waals surface area contributed by atoms with Gasteiger partial charge >= 0.3 is 115 Å². The van der Waals surface area contributed by atoms with Crippen molar-refractivity contribution in [3.05, 3.63) is 34.9 Å². The predicted octanol–water partition coefficient (Wildman–Crippen LogP) is 4.17. The van der Waals surface area contributed by atoms with Crippen LogP contribution >= 0.6 is 0 Å². The molecule has 0 spiro atoms. The Hall–Kier alpha value is -0.326. The van der Waals surface area contributed by atoms with Crippen molar-refractivity contribution in [3.8, 4) is 0 Å². The molecule has 0 saturated heterocycles. The summed E-state index contributed by atoms with van der Waals surface area (Å²) in [5.74, 6) is 0. The van der Waals surface area contributed by atoms with Gasteiger partial charge in [0.1, 0.15) is 0 Å². The molecule has 0 aliphatic carbocycles. The second-order valence-corrected chi connectivity index (χ2v) is 7.38. The molecule has 1 aromatic rings. The summed E-state index contributed by atoms with van der Waals surface area (Å²) in [7, 11) is 0. The van der Waals surface area contributed by atoms with Crippen LogP contribution in [0.5, 0.6) is 0 Å². The molecule has 0 amide bonds. The fraction of sp³-hybridized carbons (Fsp3) is 0.562. The summed E-state index contributed by atoms with van der Waals surface area (Å²) < 4.78 is 2.17. The standard InChI is InChI=1S/C16H24.V/c1-8-12-9-13(15(2,3)4)11-14(10-12)16(5,6)7;/h1,9-11H,8H2,2-7H3;. The molecule has 0 fully saturated rings. The van der Waals surface area contributed by atoms with Gasteiger partial charge in [-0.05, 0) is 0 Å². The van der Waals surface area contributed by atoms with E-state index >= 15 is 0 Å². The third kappa shape index (κ3) is 4.12. The van der Waals surface area contributed by atoms with Crippen molar-refractivity contribution in [2.75, 3.05) is 0 Å². The zero-order valence-electron chi connectivity index (χ0n) is 12.0. The van der Waals surface area contributed by atoms with E-state index in [0.717, 1.165) is 6.42 Å². The summed E-state index contributed by atoms with van der Waals surface area (Å²) in [6, 6.07) is 7.06. The van der Waals surface area contributed by atoms with Gasteiger partial charge in [0.25, 0.3) is 0 Å². The molecule has 1 heteroatoms. The molecule has 0 bridgehead atoms. The van der Waals surface area contributed by atoms with Crippen LogP contribution in [-0.4, -0.2) is 4.73 Å². The molecule has 0 nitrogen and oxygen atoms in total. The zero-order valence-corrected chi connectivity index (χ0v) is 13.4. The molecule has 0 aliphatic rings. The van der Waals surface area contributed by atoms with Crippen LogP contribution in [-0.2, 0) is 34.2 Å². The summed E-state index contributed by atoms with van der Waals surface area (Å²) in [6.07, 6.45) is 1.03. The van der Waals surface area contributed by atoms with Crippen molar-refractivity contribution in [3.63, 3.8) is 0 Å². The summed E-state index contributed by atoms with van der Waals surface area (Å²) in [4.78, 5) is 0. The Morgan fingerprint density at radius 1 is 0.882 bits per heavy atom. The molecule has 0 aromatic heterocycles. The maximum absolute atomic E-state index is 2.55. The Morgan fingerprint density at radius 2 is 1.29 bits per heavy atom. The van der Waals surface area contributed by atoms with Crippen molar-refractivity contribution >= 4 is 4.73 Å². The summed E-state index contributed by atoms with van der Waals surface area (Å²) >= 11 is 2.55. The molecule has 1 aromatic carbocycles. The van der Waals surface area contributed by atoms with Gasteiger partial charge in [-0.2, -0.15) is 0 Å². The molecule has 93 valence electrons. The van der Waals surface area contributed by atoms with Gasteiger partial charge < -0.3 is 0 Å². The SMILES string of the molecule is CC(C)(C)c1cc(C[CH]=[V])cc(C(C)(C)C)c1. The van der Waals surface area contributed by atoms with E-state index in [2.05, 4.69) is 81.4 Å². The Bertz CT molecular complexity index is 370. The first kappa shape index (κ1) is 14.7. The molecule has 0 atom stereocenters. The third-order valence-electron chi connectivity index (χ3n) is 3.05. The first-order valence-electron chi connectivity index (χ1n) is 6.25. The van der Waals surface area contributed by atoms with E-state index in [1.54, 1.807) is 0 Å². The Kier molecular flexibility index (Phi) is 4.44. The van der Waals surface area contributed by atoms with Crippen LogP contribution in [0.1, 0.15) is 58.2 Å². The van der Waals surface area contributed by atoms with Crippen LogP contribution in [0.15, 0.2) is 18.2 Å². The number of rotatable bonds is 2. The number of hydrogen-bond donors (Lipinski definition) is 0. The normalized spacial score (nSPS) is 12.5. The second-order valence-electron chi connectivity index (χ2n) is 6.81. The molecule has 0 heterocycles. The minimum absolute atomic E-state index is 0.221. The van der Waals surface area contributed by atoms with E-state index in [1.165, 1.54) is 16.7 Å². The van der Waals surface area contributed by atoms with Crippen molar-refractivity contribution in [1.29, 1.82) is 0 Å². The monoisotopic (exact) mass is 267 g/mol. The topological polar surface area (TPSA) is 0 Å². The van der Waals surface area contributed by atoms with Crippen LogP contribution in [0.3, 0.4) is 0 Å². The zero-order chi connectivity index (χ0) is 13.3. The molecule has 1 rings (SSSR count). The van der Waals surface area contributed by atoms with Gasteiger partial charge in [0.05, 0.1) is 0 Å². The van der Waals surface area contributed by atoms with Crippen LogP contribution in [0.2, 0.25) is 0 Å². The molecule has 0 N–H and O–H groups in total. The van der Waals surface area contributed by atoms with Crippen molar-refractivity contribution < 1.29 is 17.0 Å². The van der Waals surface area contributed by atoms with Crippen molar-refractivity contribution in [2.24, 2.45) is 0 Å². The minimum atomic E-state index is 0.221. The summed E-state index contributed by atoms with van der Waals surface area (Å²) in [5, 5.41) is 0. The molecular weight excluding hydrogens is 243 g/mol. The van der Waals surface area contributed by atoms with Gasteiger partial charge in [-0.1, -0.05) is 0 Å². The van der Waals surface area contributed by atoms with E-state index in [0.29, 0.717) is 0 Å². The van der Waals surface area contributed by atoms with Crippen LogP contribution in [0.25, 0.3) is 0 Å². The Balaban J connectivity index is 3.34. The average molecular weight is 267 g/mol. The first-order chi connectivity index (χ1) is 7.64. The number of hydrogen-bond acceptors (Lipinski definition) is 0. The predicted molar refractivity (Wildman–Crippen MR) is 73.6 cm³/mol. The van der Waals surface area contributed by atoms with Crippen LogP contribution in [0, 0.1) is 0 Å². The fourth-order valence-electron chi connectivity index (χ4n) is 1.78. The third-order valence-corrected chi connectivity index (χ3v) is 3.34.